The van der Waals surface area contributed by atoms with Crippen molar-refractivity contribution in [1.29, 1.82) is 0 Å². The van der Waals surface area contributed by atoms with Crippen molar-refractivity contribution in [3.8, 4) is 17.0 Å². The van der Waals surface area contributed by atoms with Crippen LogP contribution < -0.4 is 16.0 Å². The molecule has 2 heterocycles. The number of nitrogens with zero attached hydrogens (tertiary/aromatic N) is 2. The highest BCUT2D eigenvalue weighted by atomic mass is 16.5. The fourth-order valence-electron chi connectivity index (χ4n) is 4.27. The van der Waals surface area contributed by atoms with Gasteiger partial charge in [0.1, 0.15) is 11.3 Å². The molecule has 1 aromatic heterocycles. The van der Waals surface area contributed by atoms with Gasteiger partial charge in [-0.3, -0.25) is 4.79 Å². The van der Waals surface area contributed by atoms with E-state index < -0.39 is 0 Å². The number of aromatic nitrogens is 1. The van der Waals surface area contributed by atoms with Crippen molar-refractivity contribution in [3.63, 3.8) is 0 Å². The van der Waals surface area contributed by atoms with Gasteiger partial charge in [-0.05, 0) is 36.0 Å². The number of methoxy groups -OCH3 is 1. The maximum Gasteiger partial charge on any atom is 0.260 e. The molecule has 6 heteroatoms. The van der Waals surface area contributed by atoms with Gasteiger partial charge in [-0.1, -0.05) is 24.0 Å². The number of fused-ring (bicyclic) bond motifs is 1. The number of hydrogen-bond acceptors (Lipinski definition) is 4. The summed E-state index contributed by atoms with van der Waals surface area (Å²) in [6.45, 7) is 0. The van der Waals surface area contributed by atoms with Gasteiger partial charge in [0.05, 0.1) is 12.8 Å². The Balaban J connectivity index is 1.79. The van der Waals surface area contributed by atoms with Crippen molar-refractivity contribution in [2.45, 2.75) is 38.1 Å². The maximum atomic E-state index is 13.0. The Kier molecular flexibility index (Phi) is 4.26. The van der Waals surface area contributed by atoms with E-state index >= 15 is 0 Å². The summed E-state index contributed by atoms with van der Waals surface area (Å²) in [6, 6.07) is 7.41. The Morgan fingerprint density at radius 1 is 1.23 bits per heavy atom. The molecule has 4 rings (SSSR count). The molecule has 1 aromatic carbocycles. The van der Waals surface area contributed by atoms with Crippen molar-refractivity contribution < 1.29 is 9.43 Å². The summed E-state index contributed by atoms with van der Waals surface area (Å²) in [7, 11) is 3.52. The van der Waals surface area contributed by atoms with E-state index in [0.29, 0.717) is 17.4 Å². The SMILES string of the molecule is COc1cc(N)ccc1-c1cc2c(c(=O)[nH]1)C(C1CCCCC1)N=[N+]2C. The molecule has 0 amide bonds. The van der Waals surface area contributed by atoms with E-state index in [2.05, 4.69) is 4.98 Å². The van der Waals surface area contributed by atoms with E-state index in [1.54, 1.807) is 13.2 Å². The molecule has 1 atom stereocenters. The number of ether oxygens (including phenoxy) is 1. The Labute approximate surface area is 152 Å². The number of rotatable bonds is 3. The van der Waals surface area contributed by atoms with Crippen molar-refractivity contribution in [2.24, 2.45) is 11.0 Å². The molecule has 26 heavy (non-hydrogen) atoms. The minimum Gasteiger partial charge on any atom is -0.496 e. The van der Waals surface area contributed by atoms with E-state index in [1.165, 1.54) is 19.3 Å². The number of azo groups is 2. The zero-order chi connectivity index (χ0) is 18.3. The lowest BCUT2D eigenvalue weighted by molar-refractivity contribution is -0.478. The van der Waals surface area contributed by atoms with Crippen LogP contribution in [-0.4, -0.2) is 23.8 Å². The molecule has 2 aromatic rings. The summed E-state index contributed by atoms with van der Waals surface area (Å²) in [6.07, 6.45) is 6.05. The first kappa shape index (κ1) is 16.8. The van der Waals surface area contributed by atoms with Crippen LogP contribution in [0.3, 0.4) is 0 Å². The second kappa shape index (κ2) is 6.59. The minimum atomic E-state index is -0.0555. The second-order valence-electron chi connectivity index (χ2n) is 7.25. The molecule has 0 saturated heterocycles. The summed E-state index contributed by atoms with van der Waals surface area (Å²) in [5.41, 5.74) is 9.64. The highest BCUT2D eigenvalue weighted by molar-refractivity contribution is 5.72. The number of nitrogens with two attached hydrogens (primary N) is 1. The standard InChI is InChI=1S/C20H24N4O2/c1-24-16-11-15(14-9-8-13(21)10-17(14)26-2)22-20(25)18(16)19(23-24)12-6-4-3-5-7-12/h8-12,19H,3-7H2,1-2H3,(H2-,21,22,25)/p+1. The van der Waals surface area contributed by atoms with Gasteiger partial charge in [0.25, 0.3) is 5.56 Å². The van der Waals surface area contributed by atoms with Crippen LogP contribution in [0.4, 0.5) is 11.4 Å². The van der Waals surface area contributed by atoms with Crippen LogP contribution in [0.15, 0.2) is 34.2 Å². The molecule has 1 aliphatic carbocycles. The second-order valence-corrected chi connectivity index (χ2v) is 7.25. The molecule has 1 fully saturated rings. The number of aromatic amines is 1. The molecule has 0 spiro atoms. The molecule has 1 unspecified atom stereocenters. The fraction of sp³-hybridized carbons (Fsp3) is 0.450. The molecule has 136 valence electrons. The molecule has 1 aliphatic heterocycles. The zero-order valence-electron chi connectivity index (χ0n) is 15.3. The number of H-pyrrole nitrogens is 1. The van der Waals surface area contributed by atoms with Gasteiger partial charge in [-0.15, -0.1) is 0 Å². The lowest BCUT2D eigenvalue weighted by Crippen LogP contribution is -2.21. The summed E-state index contributed by atoms with van der Waals surface area (Å²) in [5.74, 6) is 1.10. The predicted molar refractivity (Wildman–Crippen MR) is 101 cm³/mol. The topological polar surface area (TPSA) is 83.5 Å². The number of nitrogen functional groups attached to an aromatic ring is 1. The van der Waals surface area contributed by atoms with Crippen LogP contribution >= 0.6 is 0 Å². The van der Waals surface area contributed by atoms with Crippen molar-refractivity contribution in [1.82, 2.24) is 4.98 Å². The number of hydrogen-bond donors (Lipinski definition) is 2. The summed E-state index contributed by atoms with van der Waals surface area (Å²) < 4.78 is 7.30. The number of benzene rings is 1. The normalized spacial score (nSPS) is 19.9. The van der Waals surface area contributed by atoms with Gasteiger partial charge in [-0.2, -0.15) is 0 Å². The van der Waals surface area contributed by atoms with E-state index in [1.807, 2.05) is 29.9 Å². The van der Waals surface area contributed by atoms with Gasteiger partial charge in [0, 0.05) is 23.4 Å². The van der Waals surface area contributed by atoms with Gasteiger partial charge in [0.2, 0.25) is 5.69 Å². The van der Waals surface area contributed by atoms with Crippen LogP contribution in [0.2, 0.25) is 0 Å². The molecule has 2 aliphatic rings. The van der Waals surface area contributed by atoms with Gasteiger partial charge >= 0.3 is 0 Å². The van der Waals surface area contributed by atoms with E-state index in [9.17, 15) is 4.79 Å². The molecular weight excluding hydrogens is 328 g/mol. The molecule has 3 N–H and O–H groups in total. The average molecular weight is 353 g/mol. The quantitative estimate of drug-likeness (QED) is 0.646. The third-order valence-corrected chi connectivity index (χ3v) is 5.60. The van der Waals surface area contributed by atoms with Crippen LogP contribution in [0.1, 0.15) is 43.7 Å². The van der Waals surface area contributed by atoms with E-state index in [0.717, 1.165) is 35.3 Å². The van der Waals surface area contributed by atoms with Crippen LogP contribution in [0.5, 0.6) is 5.75 Å². The minimum absolute atomic E-state index is 0.0265. The zero-order valence-corrected chi connectivity index (χ0v) is 15.3. The highest BCUT2D eigenvalue weighted by Gasteiger charge is 2.39. The monoisotopic (exact) mass is 353 g/mol. The molecule has 0 bridgehead atoms. The third kappa shape index (κ3) is 2.79. The first-order valence-corrected chi connectivity index (χ1v) is 9.24. The molecule has 1 saturated carbocycles. The average Bonchev–Trinajstić information content (AvgIpc) is 2.99. The smallest absolute Gasteiger partial charge is 0.260 e. The number of nitrogens with one attached hydrogen (secondary N) is 1. The summed E-state index contributed by atoms with van der Waals surface area (Å²) in [5, 5.41) is 4.79. The van der Waals surface area contributed by atoms with Gasteiger partial charge in [-0.25, -0.2) is 0 Å². The Morgan fingerprint density at radius 3 is 2.73 bits per heavy atom. The van der Waals surface area contributed by atoms with E-state index in [4.69, 9.17) is 15.6 Å². The molecular formula is C20H25N4O2+. The number of pyridine rings is 1. The lowest BCUT2D eigenvalue weighted by atomic mass is 9.82. The van der Waals surface area contributed by atoms with Crippen molar-refractivity contribution >= 4 is 11.4 Å². The number of anilines is 1. The predicted octanol–water partition coefficient (Wildman–Crippen LogP) is 3.99. The van der Waals surface area contributed by atoms with Gasteiger partial charge < -0.3 is 15.5 Å². The molecule has 0 radical (unpaired) electrons. The Morgan fingerprint density at radius 2 is 2.00 bits per heavy atom. The van der Waals surface area contributed by atoms with Crippen LogP contribution in [-0.2, 0) is 0 Å². The Bertz CT molecular complexity index is 926. The first-order valence-electron chi connectivity index (χ1n) is 9.24. The molecule has 6 nitrogen and oxygen atoms in total. The van der Waals surface area contributed by atoms with Crippen molar-refractivity contribution in [3.05, 3.63) is 40.2 Å². The fourth-order valence-corrected chi connectivity index (χ4v) is 4.27. The lowest BCUT2D eigenvalue weighted by Gasteiger charge is -2.23. The van der Waals surface area contributed by atoms with E-state index in [-0.39, 0.29) is 11.6 Å². The highest BCUT2D eigenvalue weighted by Crippen LogP contribution is 2.43. The summed E-state index contributed by atoms with van der Waals surface area (Å²) in [4.78, 5) is 16.0. The Hall–Kier alpha value is -2.63. The van der Waals surface area contributed by atoms with Crippen LogP contribution in [0, 0.1) is 5.92 Å². The maximum absolute atomic E-state index is 13.0. The summed E-state index contributed by atoms with van der Waals surface area (Å²) >= 11 is 0. The third-order valence-electron chi connectivity index (χ3n) is 5.60. The first-order chi connectivity index (χ1) is 12.6. The largest absolute Gasteiger partial charge is 0.496 e. The van der Waals surface area contributed by atoms with Crippen LogP contribution in [0.25, 0.3) is 11.3 Å². The van der Waals surface area contributed by atoms with Gasteiger partial charge in [0.15, 0.2) is 13.1 Å². The van der Waals surface area contributed by atoms with Crippen molar-refractivity contribution in [2.75, 3.05) is 19.9 Å².